The van der Waals surface area contributed by atoms with Gasteiger partial charge >= 0.3 is 0 Å². The summed E-state index contributed by atoms with van der Waals surface area (Å²) in [7, 11) is 0. The molecule has 0 atom stereocenters. The van der Waals surface area contributed by atoms with Crippen LogP contribution >= 0.6 is 17.0 Å². The van der Waals surface area contributed by atoms with E-state index in [1.807, 2.05) is 0 Å². The molecule has 74 valence electrons. The zero-order valence-electron chi connectivity index (χ0n) is 7.94. The molecule has 0 saturated carbocycles. The minimum atomic E-state index is 0. The smallest absolute Gasteiger partial charge is 0.00367 e. The van der Waals surface area contributed by atoms with Crippen LogP contribution in [0, 0.1) is 0 Å². The number of fused-ring (bicyclic) bond motifs is 1. The van der Waals surface area contributed by atoms with Gasteiger partial charge in [-0.2, -0.15) is 0 Å². The second-order valence-corrected chi connectivity index (χ2v) is 3.22. The molecule has 1 nitrogen and oxygen atoms in total. The van der Waals surface area contributed by atoms with Crippen molar-refractivity contribution < 1.29 is 0 Å². The fourth-order valence-corrected chi connectivity index (χ4v) is 1.56. The van der Waals surface area contributed by atoms with Gasteiger partial charge in [0.25, 0.3) is 0 Å². The van der Waals surface area contributed by atoms with Crippen molar-refractivity contribution in [3.63, 3.8) is 0 Å². The first-order valence-electron chi connectivity index (χ1n) is 4.58. The van der Waals surface area contributed by atoms with Crippen LogP contribution in [0.2, 0.25) is 0 Å². The van der Waals surface area contributed by atoms with Crippen LogP contribution in [-0.2, 0) is 6.42 Å². The van der Waals surface area contributed by atoms with E-state index >= 15 is 0 Å². The Kier molecular flexibility index (Phi) is 4.11. The largest absolute Gasteiger partial charge is 0.330 e. The van der Waals surface area contributed by atoms with Crippen LogP contribution in [0.15, 0.2) is 42.5 Å². The highest BCUT2D eigenvalue weighted by Gasteiger charge is 1.94. The maximum Gasteiger partial charge on any atom is -0.00367 e. The molecule has 2 N–H and O–H groups in total. The van der Waals surface area contributed by atoms with Gasteiger partial charge in [0.15, 0.2) is 0 Å². The first kappa shape index (κ1) is 11.2. The molecule has 0 amide bonds. The summed E-state index contributed by atoms with van der Waals surface area (Å²) in [6.07, 6.45) is 0.963. The van der Waals surface area contributed by atoms with Gasteiger partial charge in [0.05, 0.1) is 0 Å². The molecule has 0 aliphatic rings. The average Bonchev–Trinajstić information content (AvgIpc) is 2.18. The van der Waals surface area contributed by atoms with Crippen molar-refractivity contribution in [3.05, 3.63) is 48.0 Å². The molecule has 14 heavy (non-hydrogen) atoms. The van der Waals surface area contributed by atoms with Gasteiger partial charge in [-0.15, -0.1) is 17.0 Å². The van der Waals surface area contributed by atoms with E-state index in [2.05, 4.69) is 42.5 Å². The van der Waals surface area contributed by atoms with Crippen LogP contribution in [-0.4, -0.2) is 6.54 Å². The van der Waals surface area contributed by atoms with Gasteiger partial charge in [-0.25, -0.2) is 0 Å². The van der Waals surface area contributed by atoms with Crippen molar-refractivity contribution in [3.8, 4) is 0 Å². The third-order valence-corrected chi connectivity index (χ3v) is 2.25. The van der Waals surface area contributed by atoms with Crippen LogP contribution in [0.3, 0.4) is 0 Å². The van der Waals surface area contributed by atoms with Gasteiger partial charge in [-0.05, 0) is 29.3 Å². The third kappa shape index (κ3) is 2.34. The van der Waals surface area contributed by atoms with Gasteiger partial charge in [0, 0.05) is 0 Å². The number of rotatable bonds is 2. The number of benzene rings is 2. The van der Waals surface area contributed by atoms with E-state index in [9.17, 15) is 0 Å². The molecular formula is C12H14BrN. The van der Waals surface area contributed by atoms with Crippen LogP contribution in [0.1, 0.15) is 5.56 Å². The molecule has 0 unspecified atom stereocenters. The van der Waals surface area contributed by atoms with E-state index in [1.165, 1.54) is 16.3 Å². The summed E-state index contributed by atoms with van der Waals surface area (Å²) < 4.78 is 0. The zero-order valence-corrected chi connectivity index (χ0v) is 9.65. The maximum absolute atomic E-state index is 5.50. The Morgan fingerprint density at radius 2 is 1.64 bits per heavy atom. The summed E-state index contributed by atoms with van der Waals surface area (Å²) >= 11 is 0. The predicted molar refractivity (Wildman–Crippen MR) is 67.0 cm³/mol. The summed E-state index contributed by atoms with van der Waals surface area (Å²) in [6.45, 7) is 0.721. The number of halogens is 1. The van der Waals surface area contributed by atoms with E-state index in [0.717, 1.165) is 13.0 Å². The molecule has 0 aliphatic heterocycles. The standard InChI is InChI=1S/C12H13N.BrH/c13-8-7-10-5-6-11-3-1-2-4-12(11)9-10;/h1-6,9H,7-8,13H2;1H. The first-order valence-corrected chi connectivity index (χ1v) is 4.58. The fraction of sp³-hybridized carbons (Fsp3) is 0.167. The van der Waals surface area contributed by atoms with Crippen LogP contribution in [0.4, 0.5) is 0 Å². The average molecular weight is 252 g/mol. The molecule has 0 fully saturated rings. The Morgan fingerprint density at radius 3 is 2.36 bits per heavy atom. The first-order chi connectivity index (χ1) is 6.40. The molecule has 0 aromatic heterocycles. The van der Waals surface area contributed by atoms with Gasteiger partial charge in [0.2, 0.25) is 0 Å². The highest BCUT2D eigenvalue weighted by molar-refractivity contribution is 8.93. The van der Waals surface area contributed by atoms with Crippen LogP contribution in [0.5, 0.6) is 0 Å². The van der Waals surface area contributed by atoms with Gasteiger partial charge in [-0.1, -0.05) is 42.5 Å². The normalized spacial score (nSPS) is 9.79. The Morgan fingerprint density at radius 1 is 0.929 bits per heavy atom. The Labute approximate surface area is 94.7 Å². The molecular weight excluding hydrogens is 238 g/mol. The second-order valence-electron chi connectivity index (χ2n) is 3.22. The van der Waals surface area contributed by atoms with Crippen LogP contribution in [0.25, 0.3) is 10.8 Å². The van der Waals surface area contributed by atoms with Crippen molar-refractivity contribution in [1.29, 1.82) is 0 Å². The topological polar surface area (TPSA) is 26.0 Å². The fourth-order valence-electron chi connectivity index (χ4n) is 1.56. The van der Waals surface area contributed by atoms with Gasteiger partial charge in [0.1, 0.15) is 0 Å². The Hall–Kier alpha value is -0.860. The SMILES string of the molecule is Br.NCCc1ccc2ccccc2c1. The molecule has 0 bridgehead atoms. The molecule has 0 spiro atoms. The van der Waals surface area contributed by atoms with E-state index < -0.39 is 0 Å². The summed E-state index contributed by atoms with van der Waals surface area (Å²) in [6, 6.07) is 14.9. The molecule has 0 heterocycles. The van der Waals surface area contributed by atoms with E-state index in [4.69, 9.17) is 5.73 Å². The molecule has 2 aromatic carbocycles. The monoisotopic (exact) mass is 251 g/mol. The molecule has 0 radical (unpaired) electrons. The highest BCUT2D eigenvalue weighted by Crippen LogP contribution is 2.15. The lowest BCUT2D eigenvalue weighted by Crippen LogP contribution is -2.02. The summed E-state index contributed by atoms with van der Waals surface area (Å²) in [5, 5.41) is 2.59. The van der Waals surface area contributed by atoms with Crippen molar-refractivity contribution in [1.82, 2.24) is 0 Å². The van der Waals surface area contributed by atoms with Gasteiger partial charge in [-0.3, -0.25) is 0 Å². The summed E-state index contributed by atoms with van der Waals surface area (Å²) in [4.78, 5) is 0. The van der Waals surface area contributed by atoms with Crippen molar-refractivity contribution >= 4 is 27.8 Å². The van der Waals surface area contributed by atoms with E-state index in [-0.39, 0.29) is 17.0 Å². The van der Waals surface area contributed by atoms with E-state index in [1.54, 1.807) is 0 Å². The number of hydrogen-bond donors (Lipinski definition) is 1. The quantitative estimate of drug-likeness (QED) is 0.873. The van der Waals surface area contributed by atoms with E-state index in [0.29, 0.717) is 0 Å². The molecule has 0 aliphatic carbocycles. The lowest BCUT2D eigenvalue weighted by atomic mass is 10.1. The summed E-state index contributed by atoms with van der Waals surface area (Å²) in [5.41, 5.74) is 6.83. The van der Waals surface area contributed by atoms with Crippen molar-refractivity contribution in [2.45, 2.75) is 6.42 Å². The molecule has 2 heteroatoms. The maximum atomic E-state index is 5.50. The van der Waals surface area contributed by atoms with Gasteiger partial charge < -0.3 is 5.73 Å². The zero-order chi connectivity index (χ0) is 9.10. The lowest BCUT2D eigenvalue weighted by molar-refractivity contribution is 0.971. The molecule has 2 rings (SSSR count). The minimum Gasteiger partial charge on any atom is -0.330 e. The Bertz CT molecular complexity index is 412. The highest BCUT2D eigenvalue weighted by atomic mass is 79.9. The Balaban J connectivity index is 0.000000980. The lowest BCUT2D eigenvalue weighted by Gasteiger charge is -2.01. The molecule has 0 saturated heterocycles. The summed E-state index contributed by atoms with van der Waals surface area (Å²) in [5.74, 6) is 0. The predicted octanol–water partition coefficient (Wildman–Crippen LogP) is 2.92. The van der Waals surface area contributed by atoms with Crippen molar-refractivity contribution in [2.24, 2.45) is 5.73 Å². The number of hydrogen-bond acceptors (Lipinski definition) is 1. The van der Waals surface area contributed by atoms with Crippen LogP contribution < -0.4 is 5.73 Å². The number of nitrogens with two attached hydrogens (primary N) is 1. The van der Waals surface area contributed by atoms with Crippen molar-refractivity contribution in [2.75, 3.05) is 6.54 Å². The third-order valence-electron chi connectivity index (χ3n) is 2.25. The second kappa shape index (κ2) is 5.13. The molecule has 2 aromatic rings. The minimum absolute atomic E-state index is 0.